The summed E-state index contributed by atoms with van der Waals surface area (Å²) >= 11 is 0. The first-order valence-electron chi connectivity index (χ1n) is 7.66. The summed E-state index contributed by atoms with van der Waals surface area (Å²) in [7, 11) is 1.74. The fourth-order valence-electron chi connectivity index (χ4n) is 2.67. The van der Waals surface area contributed by atoms with Crippen molar-refractivity contribution in [2.75, 3.05) is 5.32 Å². The highest BCUT2D eigenvalue weighted by Crippen LogP contribution is 2.28. The number of imidazole rings is 1. The van der Waals surface area contributed by atoms with E-state index in [4.69, 9.17) is 0 Å². The first kappa shape index (κ1) is 15.7. The minimum Gasteiger partial charge on any atom is -0.358 e. The molecule has 2 aromatic carbocycles. The van der Waals surface area contributed by atoms with Gasteiger partial charge in [-0.3, -0.25) is 4.57 Å². The van der Waals surface area contributed by atoms with Crippen molar-refractivity contribution in [3.05, 3.63) is 88.2 Å². The Bertz CT molecular complexity index is 816. The van der Waals surface area contributed by atoms with Gasteiger partial charge in [0, 0.05) is 7.05 Å². The molecule has 0 aliphatic carbocycles. The number of nitrogens with one attached hydrogen (secondary N) is 1. The maximum Gasteiger partial charge on any atom is 0.406 e. The summed E-state index contributed by atoms with van der Waals surface area (Å²) in [5.41, 5.74) is 2.22. The van der Waals surface area contributed by atoms with Crippen LogP contribution in [0, 0.1) is 10.1 Å². The Morgan fingerprint density at radius 3 is 2.38 bits per heavy atom. The van der Waals surface area contributed by atoms with Gasteiger partial charge in [0.25, 0.3) is 0 Å². The summed E-state index contributed by atoms with van der Waals surface area (Å²) in [6.45, 7) is 0. The first-order chi connectivity index (χ1) is 11.6. The van der Waals surface area contributed by atoms with Gasteiger partial charge in [0.15, 0.2) is 0 Å². The highest BCUT2D eigenvalue weighted by Gasteiger charge is 2.23. The van der Waals surface area contributed by atoms with Crippen LogP contribution in [0.4, 0.5) is 11.6 Å². The van der Waals surface area contributed by atoms with Gasteiger partial charge < -0.3 is 15.4 Å². The largest absolute Gasteiger partial charge is 0.406 e. The van der Waals surface area contributed by atoms with E-state index in [9.17, 15) is 10.1 Å². The topological polar surface area (TPSA) is 73.0 Å². The highest BCUT2D eigenvalue weighted by atomic mass is 16.6. The van der Waals surface area contributed by atoms with E-state index in [2.05, 4.69) is 22.4 Å². The van der Waals surface area contributed by atoms with Gasteiger partial charge in [0.1, 0.15) is 0 Å². The van der Waals surface area contributed by atoms with Crippen LogP contribution in [0.2, 0.25) is 0 Å². The Hall–Kier alpha value is -3.15. The quantitative estimate of drug-likeness (QED) is 0.554. The van der Waals surface area contributed by atoms with Crippen LogP contribution in [0.1, 0.15) is 17.2 Å². The molecule has 0 bridgehead atoms. The van der Waals surface area contributed by atoms with E-state index in [1.54, 1.807) is 11.6 Å². The predicted octanol–water partition coefficient (Wildman–Crippen LogP) is 3.72. The summed E-state index contributed by atoms with van der Waals surface area (Å²) in [6, 6.07) is 19.9. The lowest BCUT2D eigenvalue weighted by Gasteiger charge is -2.20. The summed E-state index contributed by atoms with van der Waals surface area (Å²) in [5.74, 6) is 0.247. The number of hydrogen-bond acceptors (Lipinski definition) is 4. The van der Waals surface area contributed by atoms with Crippen molar-refractivity contribution in [2.24, 2.45) is 7.05 Å². The van der Waals surface area contributed by atoms with Crippen molar-refractivity contribution in [3.8, 4) is 0 Å². The zero-order chi connectivity index (χ0) is 16.9. The number of aryl methyl sites for hydroxylation is 1. The summed E-state index contributed by atoms with van der Waals surface area (Å²) in [5, 5.41) is 14.5. The number of benzene rings is 2. The Labute approximate surface area is 139 Å². The van der Waals surface area contributed by atoms with Gasteiger partial charge in [-0.15, -0.1) is 0 Å². The third kappa shape index (κ3) is 3.43. The lowest BCUT2D eigenvalue weighted by Crippen LogP contribution is -2.16. The molecular weight excluding hydrogens is 304 g/mol. The maximum atomic E-state index is 11.2. The lowest BCUT2D eigenvalue weighted by atomic mass is 9.99. The molecule has 3 aromatic rings. The van der Waals surface area contributed by atoms with E-state index in [1.807, 2.05) is 48.5 Å². The molecule has 1 unspecified atom stereocenters. The molecule has 1 aromatic heterocycles. The van der Waals surface area contributed by atoms with Crippen molar-refractivity contribution in [3.63, 3.8) is 0 Å². The third-order valence-electron chi connectivity index (χ3n) is 3.89. The number of rotatable bonds is 6. The van der Waals surface area contributed by atoms with Crippen LogP contribution in [0.3, 0.4) is 0 Å². The molecule has 0 radical (unpaired) electrons. The predicted molar refractivity (Wildman–Crippen MR) is 92.8 cm³/mol. The van der Waals surface area contributed by atoms with Gasteiger partial charge in [-0.25, -0.2) is 0 Å². The Morgan fingerprint density at radius 2 is 1.75 bits per heavy atom. The highest BCUT2D eigenvalue weighted by molar-refractivity contribution is 5.53. The monoisotopic (exact) mass is 322 g/mol. The van der Waals surface area contributed by atoms with Crippen molar-refractivity contribution in [1.29, 1.82) is 0 Å². The number of nitro groups is 1. The van der Waals surface area contributed by atoms with Crippen molar-refractivity contribution < 1.29 is 4.92 Å². The molecule has 1 heterocycles. The van der Waals surface area contributed by atoms with Crippen molar-refractivity contribution >= 4 is 11.6 Å². The zero-order valence-electron chi connectivity index (χ0n) is 13.3. The van der Waals surface area contributed by atoms with Crippen LogP contribution in [-0.2, 0) is 13.5 Å². The molecule has 6 heteroatoms. The van der Waals surface area contributed by atoms with Gasteiger partial charge in [0.05, 0.1) is 6.04 Å². The van der Waals surface area contributed by atoms with Crippen LogP contribution >= 0.6 is 0 Å². The first-order valence-corrected chi connectivity index (χ1v) is 7.66. The molecule has 0 fully saturated rings. The number of hydrogen-bond donors (Lipinski definition) is 1. The van der Waals surface area contributed by atoms with Crippen LogP contribution in [0.15, 0.2) is 67.0 Å². The molecule has 0 saturated heterocycles. The Morgan fingerprint density at radius 1 is 1.12 bits per heavy atom. The van der Waals surface area contributed by atoms with Crippen molar-refractivity contribution in [2.45, 2.75) is 12.5 Å². The van der Waals surface area contributed by atoms with E-state index in [0.717, 1.165) is 11.1 Å². The molecule has 122 valence electrons. The smallest absolute Gasteiger partial charge is 0.358 e. The summed E-state index contributed by atoms with van der Waals surface area (Å²) in [6.07, 6.45) is 2.16. The standard InChI is InChI=1S/C18H18N4O2/c1-21-13-19-17(22(23)24)18(21)20-16(15-10-6-3-7-11-15)12-14-8-4-2-5-9-14/h2-11,13,16,20H,12H2,1H3. The molecule has 24 heavy (non-hydrogen) atoms. The molecular formula is C18H18N4O2. The second kappa shape index (κ2) is 6.95. The van der Waals surface area contributed by atoms with Gasteiger partial charge >= 0.3 is 5.82 Å². The van der Waals surface area contributed by atoms with Gasteiger partial charge in [-0.1, -0.05) is 60.7 Å². The number of anilines is 1. The molecule has 0 amide bonds. The van der Waals surface area contributed by atoms with Crippen LogP contribution < -0.4 is 5.32 Å². The summed E-state index contributed by atoms with van der Waals surface area (Å²) < 4.78 is 1.64. The average molecular weight is 322 g/mol. The van der Waals surface area contributed by atoms with E-state index in [-0.39, 0.29) is 11.9 Å². The Kier molecular flexibility index (Phi) is 4.56. The Balaban J connectivity index is 1.94. The van der Waals surface area contributed by atoms with E-state index in [1.165, 1.54) is 6.33 Å². The molecule has 0 spiro atoms. The second-order valence-corrected chi connectivity index (χ2v) is 5.58. The number of aromatic nitrogens is 2. The van der Waals surface area contributed by atoms with Crippen LogP contribution in [0.25, 0.3) is 0 Å². The van der Waals surface area contributed by atoms with Crippen LogP contribution in [-0.4, -0.2) is 14.5 Å². The van der Waals surface area contributed by atoms with E-state index < -0.39 is 4.92 Å². The van der Waals surface area contributed by atoms with Gasteiger partial charge in [-0.2, -0.15) is 0 Å². The summed E-state index contributed by atoms with van der Waals surface area (Å²) in [4.78, 5) is 14.6. The molecule has 0 saturated carbocycles. The van der Waals surface area contributed by atoms with Gasteiger partial charge in [-0.05, 0) is 27.5 Å². The van der Waals surface area contributed by atoms with Crippen LogP contribution in [0.5, 0.6) is 0 Å². The maximum absolute atomic E-state index is 11.2. The van der Waals surface area contributed by atoms with E-state index >= 15 is 0 Å². The molecule has 6 nitrogen and oxygen atoms in total. The van der Waals surface area contributed by atoms with E-state index in [0.29, 0.717) is 12.2 Å². The molecule has 0 aliphatic rings. The fourth-order valence-corrected chi connectivity index (χ4v) is 2.67. The minimum atomic E-state index is -0.465. The average Bonchev–Trinajstić information content (AvgIpc) is 2.97. The zero-order valence-corrected chi connectivity index (χ0v) is 13.3. The molecule has 1 N–H and O–H groups in total. The molecule has 3 rings (SSSR count). The fraction of sp³-hybridized carbons (Fsp3) is 0.167. The molecule has 1 atom stereocenters. The number of nitrogens with zero attached hydrogens (tertiary/aromatic N) is 3. The van der Waals surface area contributed by atoms with Crippen molar-refractivity contribution in [1.82, 2.24) is 9.55 Å². The molecule has 0 aliphatic heterocycles. The second-order valence-electron chi connectivity index (χ2n) is 5.58. The lowest BCUT2D eigenvalue weighted by molar-refractivity contribution is -0.388. The minimum absolute atomic E-state index is 0.0947. The third-order valence-corrected chi connectivity index (χ3v) is 3.89. The normalized spacial score (nSPS) is 11.9. The SMILES string of the molecule is Cn1cnc([N+](=O)[O-])c1NC(Cc1ccccc1)c1ccccc1. The van der Waals surface area contributed by atoms with Gasteiger partial charge in [0.2, 0.25) is 12.1 Å².